The Morgan fingerprint density at radius 2 is 2.20 bits per heavy atom. The fourth-order valence-electron chi connectivity index (χ4n) is 2.53. The molecule has 1 fully saturated rings. The molecule has 1 unspecified atom stereocenters. The first-order valence-electron chi connectivity index (χ1n) is 6.99. The summed E-state index contributed by atoms with van der Waals surface area (Å²) in [4.78, 5) is 11.2. The minimum Gasteiger partial charge on any atom is -0.481 e. The van der Waals surface area contributed by atoms with E-state index in [1.165, 1.54) is 12.8 Å². The molecule has 2 N–H and O–H groups in total. The number of aromatic nitrogens is 3. The molecule has 20 heavy (non-hydrogen) atoms. The van der Waals surface area contributed by atoms with Crippen LogP contribution >= 0.6 is 0 Å². The molecule has 6 nitrogen and oxygen atoms in total. The topological polar surface area (TPSA) is 69.2 Å². The second-order valence-corrected chi connectivity index (χ2v) is 5.52. The number of hydrogen-bond donors (Lipinski definition) is 1. The summed E-state index contributed by atoms with van der Waals surface area (Å²) in [5.74, 6) is 1.10. The molecule has 2 heterocycles. The van der Waals surface area contributed by atoms with Crippen molar-refractivity contribution in [2.75, 3.05) is 19.9 Å². The maximum absolute atomic E-state index is 6.04. The van der Waals surface area contributed by atoms with Gasteiger partial charge in [-0.05, 0) is 32.9 Å². The van der Waals surface area contributed by atoms with Gasteiger partial charge in [0.1, 0.15) is 5.52 Å². The average molecular weight is 275 g/mol. The number of fused-ring (bicyclic) bond motifs is 1. The Morgan fingerprint density at radius 3 is 2.85 bits per heavy atom. The summed E-state index contributed by atoms with van der Waals surface area (Å²) >= 11 is 0. The monoisotopic (exact) mass is 275 g/mol. The molecule has 0 spiro atoms. The molecule has 1 atom stereocenters. The number of hydrogen-bond acceptors (Lipinski definition) is 5. The lowest BCUT2D eigenvalue weighted by Gasteiger charge is -2.25. The molecule has 0 radical (unpaired) electrons. The van der Waals surface area contributed by atoms with Crippen molar-refractivity contribution in [2.45, 2.75) is 38.4 Å². The third-order valence-corrected chi connectivity index (χ3v) is 4.07. The molecule has 2 aromatic rings. The van der Waals surface area contributed by atoms with Gasteiger partial charge in [0, 0.05) is 24.7 Å². The van der Waals surface area contributed by atoms with E-state index in [1.807, 2.05) is 10.6 Å². The van der Waals surface area contributed by atoms with Gasteiger partial charge in [-0.3, -0.25) is 9.47 Å². The van der Waals surface area contributed by atoms with Crippen LogP contribution < -0.4 is 10.5 Å². The number of rotatable bonds is 5. The molecule has 1 saturated carbocycles. The first-order chi connectivity index (χ1) is 9.60. The van der Waals surface area contributed by atoms with Gasteiger partial charge in [0.05, 0.1) is 7.11 Å². The predicted octanol–water partition coefficient (Wildman–Crippen LogP) is 1.50. The lowest BCUT2D eigenvalue weighted by atomic mass is 10.3. The Morgan fingerprint density at radius 1 is 1.45 bits per heavy atom. The lowest BCUT2D eigenvalue weighted by molar-refractivity contribution is 0.227. The number of nitrogens with two attached hydrogens (primary N) is 1. The molecule has 1 aliphatic carbocycles. The minimum absolute atomic E-state index is 0.398. The summed E-state index contributed by atoms with van der Waals surface area (Å²) in [5.41, 5.74) is 7.64. The highest BCUT2D eigenvalue weighted by atomic mass is 16.5. The fraction of sp³-hybridized carbons (Fsp3) is 0.571. The van der Waals surface area contributed by atoms with E-state index in [4.69, 9.17) is 10.5 Å². The van der Waals surface area contributed by atoms with E-state index in [9.17, 15) is 0 Å². The molecular weight excluding hydrogens is 254 g/mol. The number of imidazole rings is 1. The van der Waals surface area contributed by atoms with Gasteiger partial charge in [-0.15, -0.1) is 0 Å². The molecule has 6 heteroatoms. The normalized spacial score (nSPS) is 16.8. The summed E-state index contributed by atoms with van der Waals surface area (Å²) in [6.07, 6.45) is 2.60. The van der Waals surface area contributed by atoms with E-state index in [-0.39, 0.29) is 0 Å². The fourth-order valence-corrected chi connectivity index (χ4v) is 2.53. The van der Waals surface area contributed by atoms with Gasteiger partial charge in [-0.1, -0.05) is 0 Å². The van der Waals surface area contributed by atoms with Crippen LogP contribution in [0.2, 0.25) is 0 Å². The number of ether oxygens (including phenoxy) is 1. The van der Waals surface area contributed by atoms with Gasteiger partial charge in [0.2, 0.25) is 11.8 Å². The number of nitrogen functional groups attached to an aromatic ring is 1. The van der Waals surface area contributed by atoms with Crippen molar-refractivity contribution in [1.29, 1.82) is 0 Å². The Balaban J connectivity index is 1.90. The first kappa shape index (κ1) is 13.2. The van der Waals surface area contributed by atoms with Crippen LogP contribution in [0, 0.1) is 0 Å². The van der Waals surface area contributed by atoms with E-state index >= 15 is 0 Å². The van der Waals surface area contributed by atoms with Crippen LogP contribution in [0.1, 0.15) is 19.8 Å². The average Bonchev–Trinajstić information content (AvgIpc) is 3.24. The largest absolute Gasteiger partial charge is 0.481 e. The second-order valence-electron chi connectivity index (χ2n) is 5.52. The molecule has 0 aliphatic heterocycles. The van der Waals surface area contributed by atoms with Crippen LogP contribution in [0.15, 0.2) is 12.1 Å². The van der Waals surface area contributed by atoms with Crippen molar-refractivity contribution < 1.29 is 4.74 Å². The number of methoxy groups -OCH3 is 1. The molecule has 3 rings (SSSR count). The number of nitrogens with zero attached hydrogens (tertiary/aromatic N) is 4. The number of anilines is 1. The van der Waals surface area contributed by atoms with Gasteiger partial charge >= 0.3 is 0 Å². The zero-order chi connectivity index (χ0) is 14.3. The zero-order valence-corrected chi connectivity index (χ0v) is 12.2. The van der Waals surface area contributed by atoms with Crippen molar-refractivity contribution in [3.63, 3.8) is 0 Å². The Labute approximate surface area is 118 Å². The molecule has 1 aliphatic rings. The summed E-state index contributed by atoms with van der Waals surface area (Å²) in [6, 6.07) is 4.82. The van der Waals surface area contributed by atoms with E-state index in [0.29, 0.717) is 17.9 Å². The van der Waals surface area contributed by atoms with Gasteiger partial charge in [-0.25, -0.2) is 4.98 Å². The highest BCUT2D eigenvalue weighted by molar-refractivity contribution is 5.74. The highest BCUT2D eigenvalue weighted by Gasteiger charge is 2.29. The van der Waals surface area contributed by atoms with Gasteiger partial charge in [0.25, 0.3) is 0 Å². The molecule has 108 valence electrons. The van der Waals surface area contributed by atoms with Crippen molar-refractivity contribution in [1.82, 2.24) is 19.4 Å². The van der Waals surface area contributed by atoms with Gasteiger partial charge in [-0.2, -0.15) is 4.98 Å². The summed E-state index contributed by atoms with van der Waals surface area (Å²) in [7, 11) is 3.79. The Hall–Kier alpha value is -1.82. The summed E-state index contributed by atoms with van der Waals surface area (Å²) in [6.45, 7) is 3.00. The van der Waals surface area contributed by atoms with Crippen molar-refractivity contribution >= 4 is 17.1 Å². The van der Waals surface area contributed by atoms with E-state index in [1.54, 1.807) is 13.2 Å². The minimum atomic E-state index is 0.398. The Bertz CT molecular complexity index is 619. The molecule has 2 aromatic heterocycles. The van der Waals surface area contributed by atoms with Crippen molar-refractivity contribution in [2.24, 2.45) is 0 Å². The third-order valence-electron chi connectivity index (χ3n) is 4.07. The molecular formula is C14H21N5O. The van der Waals surface area contributed by atoms with Gasteiger partial charge < -0.3 is 10.5 Å². The first-order valence-corrected chi connectivity index (χ1v) is 6.99. The Kier molecular flexibility index (Phi) is 3.25. The van der Waals surface area contributed by atoms with Crippen LogP contribution in [-0.4, -0.2) is 45.7 Å². The molecule has 0 amide bonds. The molecule has 0 aromatic carbocycles. The maximum atomic E-state index is 6.04. The maximum Gasteiger partial charge on any atom is 0.215 e. The van der Waals surface area contributed by atoms with Crippen LogP contribution in [0.5, 0.6) is 5.88 Å². The van der Waals surface area contributed by atoms with Crippen LogP contribution in [0.3, 0.4) is 0 Å². The van der Waals surface area contributed by atoms with E-state index in [0.717, 1.165) is 23.8 Å². The predicted molar refractivity (Wildman–Crippen MR) is 78.7 cm³/mol. The van der Waals surface area contributed by atoms with Crippen molar-refractivity contribution in [3.05, 3.63) is 12.1 Å². The quantitative estimate of drug-likeness (QED) is 0.895. The van der Waals surface area contributed by atoms with Crippen LogP contribution in [0.4, 0.5) is 5.95 Å². The number of likely N-dealkylation sites (N-methyl/N-ethyl adjacent to an activating group) is 1. The number of pyridine rings is 1. The molecule has 0 bridgehead atoms. The van der Waals surface area contributed by atoms with Gasteiger partial charge in [0.15, 0.2) is 5.65 Å². The van der Waals surface area contributed by atoms with Crippen molar-refractivity contribution in [3.8, 4) is 5.88 Å². The molecule has 0 saturated heterocycles. The zero-order valence-electron chi connectivity index (χ0n) is 12.2. The third kappa shape index (κ3) is 2.31. The summed E-state index contributed by atoms with van der Waals surface area (Å²) < 4.78 is 7.16. The smallest absolute Gasteiger partial charge is 0.215 e. The van der Waals surface area contributed by atoms with E-state index < -0.39 is 0 Å². The lowest BCUT2D eigenvalue weighted by Crippen LogP contribution is -2.34. The summed E-state index contributed by atoms with van der Waals surface area (Å²) in [5, 5.41) is 0. The standard InChI is InChI=1S/C14H21N5O/c1-9(18(2)10-4-5-10)8-19-13-11(16-14(19)15)6-7-12(17-13)20-3/h6-7,9-10H,4-5,8H2,1-3H3,(H2,15,16). The van der Waals surface area contributed by atoms with E-state index in [2.05, 4.69) is 28.8 Å². The van der Waals surface area contributed by atoms with Crippen LogP contribution in [0.25, 0.3) is 11.2 Å². The second kappa shape index (κ2) is 4.94. The highest BCUT2D eigenvalue weighted by Crippen LogP contribution is 2.28. The SMILES string of the molecule is COc1ccc2nc(N)n(CC(C)N(C)C3CC3)c2n1. The van der Waals surface area contributed by atoms with Crippen LogP contribution in [-0.2, 0) is 6.54 Å².